The molecule has 1 N–H and O–H groups in total. The molecule has 1 amide bonds. The van der Waals surface area contributed by atoms with E-state index in [1.54, 1.807) is 12.1 Å². The largest absolute Gasteiger partial charge is 0.484 e. The Kier molecular flexibility index (Phi) is 6.89. The van der Waals surface area contributed by atoms with Crippen LogP contribution in [0, 0.1) is 11.6 Å². The lowest BCUT2D eigenvalue weighted by atomic mass is 10.0. The van der Waals surface area contributed by atoms with Gasteiger partial charge in [0.15, 0.2) is 6.61 Å². The van der Waals surface area contributed by atoms with Crippen LogP contribution in [0.1, 0.15) is 18.0 Å². The highest BCUT2D eigenvalue weighted by Gasteiger charge is 2.15. The topological polar surface area (TPSA) is 41.6 Å². The SMILES string of the molecule is CN(C)CCC(NC(=O)COc1ccc(F)cc1)c1ccc(F)cc1. The standard InChI is InChI=1S/C19H22F2N2O2/c1-23(2)12-11-18(14-3-5-15(20)6-4-14)22-19(24)13-25-17-9-7-16(21)8-10-17/h3-10,18H,11-13H2,1-2H3,(H,22,24). The normalized spacial score (nSPS) is 12.0. The third-order valence-corrected chi connectivity index (χ3v) is 3.66. The summed E-state index contributed by atoms with van der Waals surface area (Å²) in [6.07, 6.45) is 0.681. The van der Waals surface area contributed by atoms with E-state index in [1.807, 2.05) is 19.0 Å². The van der Waals surface area contributed by atoms with Gasteiger partial charge in [-0.1, -0.05) is 12.1 Å². The molecule has 2 aromatic rings. The zero-order valence-electron chi connectivity index (χ0n) is 14.3. The van der Waals surface area contributed by atoms with E-state index < -0.39 is 0 Å². The summed E-state index contributed by atoms with van der Waals surface area (Å²) in [6.45, 7) is 0.590. The minimum Gasteiger partial charge on any atom is -0.484 e. The fraction of sp³-hybridized carbons (Fsp3) is 0.316. The van der Waals surface area contributed by atoms with E-state index in [1.165, 1.54) is 36.4 Å². The van der Waals surface area contributed by atoms with Gasteiger partial charge < -0.3 is 15.0 Å². The average molecular weight is 348 g/mol. The van der Waals surface area contributed by atoms with Gasteiger partial charge in [0, 0.05) is 0 Å². The molecule has 0 radical (unpaired) electrons. The molecule has 0 saturated heterocycles. The van der Waals surface area contributed by atoms with Crippen LogP contribution in [0.3, 0.4) is 0 Å². The van der Waals surface area contributed by atoms with Gasteiger partial charge >= 0.3 is 0 Å². The number of carbonyl (C=O) groups excluding carboxylic acids is 1. The number of benzene rings is 2. The predicted octanol–water partition coefficient (Wildman–Crippen LogP) is 3.15. The summed E-state index contributed by atoms with van der Waals surface area (Å²) in [4.78, 5) is 14.2. The number of nitrogens with one attached hydrogen (secondary N) is 1. The number of hydrogen-bond acceptors (Lipinski definition) is 3. The van der Waals surface area contributed by atoms with Gasteiger partial charge in [0.1, 0.15) is 17.4 Å². The first-order valence-corrected chi connectivity index (χ1v) is 8.02. The summed E-state index contributed by atoms with van der Waals surface area (Å²) in [5.74, 6) is -0.557. The first-order chi connectivity index (χ1) is 11.9. The molecule has 0 aliphatic rings. The predicted molar refractivity (Wildman–Crippen MR) is 92.3 cm³/mol. The van der Waals surface area contributed by atoms with Crippen LogP contribution in [-0.2, 0) is 4.79 Å². The zero-order chi connectivity index (χ0) is 18.2. The molecule has 6 heteroatoms. The van der Waals surface area contributed by atoms with Crippen molar-refractivity contribution in [2.45, 2.75) is 12.5 Å². The lowest BCUT2D eigenvalue weighted by Gasteiger charge is -2.21. The van der Waals surface area contributed by atoms with Crippen molar-refractivity contribution in [2.75, 3.05) is 27.2 Å². The number of amides is 1. The summed E-state index contributed by atoms with van der Waals surface area (Å²) in [7, 11) is 3.89. The van der Waals surface area contributed by atoms with Gasteiger partial charge in [-0.15, -0.1) is 0 Å². The molecular weight excluding hydrogens is 326 g/mol. The molecule has 134 valence electrons. The van der Waals surface area contributed by atoms with E-state index in [0.29, 0.717) is 12.2 Å². The van der Waals surface area contributed by atoms with Crippen molar-refractivity contribution in [1.29, 1.82) is 0 Å². The first-order valence-electron chi connectivity index (χ1n) is 8.02. The van der Waals surface area contributed by atoms with Crippen LogP contribution in [0.4, 0.5) is 8.78 Å². The number of rotatable bonds is 8. The fourth-order valence-corrected chi connectivity index (χ4v) is 2.32. The minimum atomic E-state index is -0.364. The van der Waals surface area contributed by atoms with Gasteiger partial charge in [0.25, 0.3) is 5.91 Å². The van der Waals surface area contributed by atoms with Crippen molar-refractivity contribution in [2.24, 2.45) is 0 Å². The molecule has 1 unspecified atom stereocenters. The third kappa shape index (κ3) is 6.51. The van der Waals surface area contributed by atoms with Gasteiger partial charge in [0.2, 0.25) is 0 Å². The number of halogens is 2. The molecule has 0 aromatic heterocycles. The molecule has 4 nitrogen and oxygen atoms in total. The lowest BCUT2D eigenvalue weighted by molar-refractivity contribution is -0.123. The molecule has 2 aromatic carbocycles. The van der Waals surface area contributed by atoms with E-state index in [-0.39, 0.29) is 30.2 Å². The maximum Gasteiger partial charge on any atom is 0.258 e. The van der Waals surface area contributed by atoms with Crippen LogP contribution >= 0.6 is 0 Å². The Balaban J connectivity index is 1.95. The summed E-state index contributed by atoms with van der Waals surface area (Å²) in [5.41, 5.74) is 0.832. The smallest absolute Gasteiger partial charge is 0.258 e. The fourth-order valence-electron chi connectivity index (χ4n) is 2.32. The van der Waals surface area contributed by atoms with E-state index >= 15 is 0 Å². The number of carbonyl (C=O) groups is 1. The molecule has 25 heavy (non-hydrogen) atoms. The quantitative estimate of drug-likeness (QED) is 0.797. The van der Waals surface area contributed by atoms with Crippen molar-refractivity contribution in [3.05, 3.63) is 65.7 Å². The van der Waals surface area contributed by atoms with Crippen molar-refractivity contribution < 1.29 is 18.3 Å². The van der Waals surface area contributed by atoms with Gasteiger partial charge in [-0.25, -0.2) is 8.78 Å². The minimum absolute atomic E-state index is 0.175. The summed E-state index contributed by atoms with van der Waals surface area (Å²) < 4.78 is 31.3. The lowest BCUT2D eigenvalue weighted by Crippen LogP contribution is -2.34. The Morgan fingerprint density at radius 1 is 1.04 bits per heavy atom. The highest BCUT2D eigenvalue weighted by atomic mass is 19.1. The number of hydrogen-bond donors (Lipinski definition) is 1. The van der Waals surface area contributed by atoms with Gasteiger partial charge in [-0.2, -0.15) is 0 Å². The monoisotopic (exact) mass is 348 g/mol. The number of nitrogens with zero attached hydrogens (tertiary/aromatic N) is 1. The molecule has 0 heterocycles. The Morgan fingerprint density at radius 2 is 1.60 bits per heavy atom. The first kappa shape index (κ1) is 18.9. The third-order valence-electron chi connectivity index (χ3n) is 3.66. The van der Waals surface area contributed by atoms with Crippen LogP contribution in [0.5, 0.6) is 5.75 Å². The average Bonchev–Trinajstić information content (AvgIpc) is 2.59. The van der Waals surface area contributed by atoms with Gasteiger partial charge in [-0.05, 0) is 69.0 Å². The molecule has 0 fully saturated rings. The zero-order valence-corrected chi connectivity index (χ0v) is 14.3. The number of ether oxygens (including phenoxy) is 1. The van der Waals surface area contributed by atoms with Crippen molar-refractivity contribution >= 4 is 5.91 Å². The molecule has 0 aliphatic carbocycles. The Hall–Kier alpha value is -2.47. The molecule has 0 aliphatic heterocycles. The Bertz CT molecular complexity index is 673. The van der Waals surface area contributed by atoms with Crippen molar-refractivity contribution in [3.63, 3.8) is 0 Å². The summed E-state index contributed by atoms with van der Waals surface area (Å²) >= 11 is 0. The Morgan fingerprint density at radius 3 is 2.16 bits per heavy atom. The second-order valence-electron chi connectivity index (χ2n) is 6.01. The van der Waals surface area contributed by atoms with Crippen molar-refractivity contribution in [1.82, 2.24) is 10.2 Å². The van der Waals surface area contributed by atoms with Crippen LogP contribution in [0.15, 0.2) is 48.5 Å². The van der Waals surface area contributed by atoms with E-state index in [9.17, 15) is 13.6 Å². The van der Waals surface area contributed by atoms with Crippen LogP contribution in [0.2, 0.25) is 0 Å². The van der Waals surface area contributed by atoms with E-state index in [4.69, 9.17) is 4.74 Å². The second-order valence-corrected chi connectivity index (χ2v) is 6.01. The molecule has 0 saturated carbocycles. The van der Waals surface area contributed by atoms with Gasteiger partial charge in [0.05, 0.1) is 6.04 Å². The maximum absolute atomic E-state index is 13.1. The Labute approximate surface area is 146 Å². The van der Waals surface area contributed by atoms with Crippen LogP contribution < -0.4 is 10.1 Å². The summed E-state index contributed by atoms with van der Waals surface area (Å²) in [6, 6.07) is 11.3. The van der Waals surface area contributed by atoms with Gasteiger partial charge in [-0.3, -0.25) is 4.79 Å². The second kappa shape index (κ2) is 9.13. The summed E-state index contributed by atoms with van der Waals surface area (Å²) in [5, 5.41) is 2.90. The molecule has 2 rings (SSSR count). The molecule has 1 atom stereocenters. The van der Waals surface area contributed by atoms with Crippen LogP contribution in [0.25, 0.3) is 0 Å². The van der Waals surface area contributed by atoms with E-state index in [0.717, 1.165) is 12.1 Å². The molecule has 0 spiro atoms. The maximum atomic E-state index is 13.1. The van der Waals surface area contributed by atoms with Crippen LogP contribution in [-0.4, -0.2) is 38.1 Å². The highest BCUT2D eigenvalue weighted by molar-refractivity contribution is 5.78. The molecular formula is C19H22F2N2O2. The molecule has 0 bridgehead atoms. The van der Waals surface area contributed by atoms with Crippen molar-refractivity contribution in [3.8, 4) is 5.75 Å². The highest BCUT2D eigenvalue weighted by Crippen LogP contribution is 2.18. The van der Waals surface area contributed by atoms with E-state index in [2.05, 4.69) is 5.32 Å².